The fraction of sp³-hybridized carbons (Fsp3) is 0.500. The molecule has 0 aliphatic heterocycles. The van der Waals surface area contributed by atoms with Crippen LogP contribution in [0.5, 0.6) is 11.5 Å². The molecule has 2 rings (SSSR count). The highest BCUT2D eigenvalue weighted by molar-refractivity contribution is 9.10. The number of ether oxygens (including phenoxy) is 2. The quantitative estimate of drug-likeness (QED) is 0.873. The molecule has 0 heterocycles. The number of nitrogens with one attached hydrogen (secondary N) is 1. The standard InChI is InChI=1S/C14H17BrN2O2/c1-18-13-5-10(11(15)6-14(13)19-2)12(7-16)17-8-9-3-4-9/h5-6,9,12,17H,3-4,8H2,1-2H3. The average molecular weight is 325 g/mol. The molecule has 0 radical (unpaired) electrons. The first-order valence-corrected chi connectivity index (χ1v) is 7.03. The third kappa shape index (κ3) is 3.40. The van der Waals surface area contributed by atoms with Crippen LogP contribution >= 0.6 is 15.9 Å². The zero-order valence-corrected chi connectivity index (χ0v) is 12.7. The number of hydrogen-bond acceptors (Lipinski definition) is 4. The number of nitrogens with zero attached hydrogens (tertiary/aromatic N) is 1. The first kappa shape index (κ1) is 14.2. The minimum atomic E-state index is -0.338. The number of halogens is 1. The highest BCUT2D eigenvalue weighted by atomic mass is 79.9. The molecule has 1 atom stereocenters. The lowest BCUT2D eigenvalue weighted by molar-refractivity contribution is 0.354. The van der Waals surface area contributed by atoms with Crippen molar-refractivity contribution in [2.24, 2.45) is 5.92 Å². The van der Waals surface area contributed by atoms with Crippen molar-refractivity contribution in [2.75, 3.05) is 20.8 Å². The normalized spacial score (nSPS) is 15.7. The minimum Gasteiger partial charge on any atom is -0.493 e. The summed E-state index contributed by atoms with van der Waals surface area (Å²) in [7, 11) is 3.19. The molecule has 1 unspecified atom stereocenters. The molecule has 0 saturated heterocycles. The van der Waals surface area contributed by atoms with E-state index in [1.165, 1.54) is 12.8 Å². The van der Waals surface area contributed by atoms with Gasteiger partial charge < -0.3 is 9.47 Å². The lowest BCUT2D eigenvalue weighted by atomic mass is 10.1. The SMILES string of the molecule is COc1cc(Br)c(C(C#N)NCC2CC2)cc1OC. The van der Waals surface area contributed by atoms with E-state index in [0.29, 0.717) is 11.5 Å². The Balaban J connectivity index is 2.22. The lowest BCUT2D eigenvalue weighted by Gasteiger charge is -2.16. The molecule has 1 saturated carbocycles. The highest BCUT2D eigenvalue weighted by Crippen LogP contribution is 2.36. The zero-order valence-electron chi connectivity index (χ0n) is 11.1. The Labute approximate surface area is 121 Å². The number of rotatable bonds is 6. The maximum atomic E-state index is 9.32. The molecule has 0 bridgehead atoms. The second-order valence-corrected chi connectivity index (χ2v) is 5.50. The van der Waals surface area contributed by atoms with Crippen LogP contribution in [-0.2, 0) is 0 Å². The summed E-state index contributed by atoms with van der Waals surface area (Å²) in [6.45, 7) is 0.888. The van der Waals surface area contributed by atoms with Crippen LogP contribution < -0.4 is 14.8 Å². The third-order valence-electron chi connectivity index (χ3n) is 3.25. The van der Waals surface area contributed by atoms with Crippen molar-refractivity contribution in [1.29, 1.82) is 5.26 Å². The largest absolute Gasteiger partial charge is 0.493 e. The van der Waals surface area contributed by atoms with Crippen molar-refractivity contribution in [3.63, 3.8) is 0 Å². The third-order valence-corrected chi connectivity index (χ3v) is 3.94. The minimum absolute atomic E-state index is 0.338. The molecule has 19 heavy (non-hydrogen) atoms. The molecule has 1 fully saturated rings. The smallest absolute Gasteiger partial charge is 0.161 e. The molecule has 1 aliphatic carbocycles. The zero-order chi connectivity index (χ0) is 13.8. The molecule has 0 aromatic heterocycles. The van der Waals surface area contributed by atoms with Gasteiger partial charge in [-0.2, -0.15) is 5.26 Å². The van der Waals surface area contributed by atoms with Gasteiger partial charge in [0.25, 0.3) is 0 Å². The van der Waals surface area contributed by atoms with E-state index in [1.54, 1.807) is 14.2 Å². The molecule has 0 spiro atoms. The van der Waals surface area contributed by atoms with Gasteiger partial charge >= 0.3 is 0 Å². The van der Waals surface area contributed by atoms with Gasteiger partial charge in [0.1, 0.15) is 6.04 Å². The van der Waals surface area contributed by atoms with Crippen molar-refractivity contribution in [3.8, 4) is 17.6 Å². The van der Waals surface area contributed by atoms with Crippen LogP contribution in [-0.4, -0.2) is 20.8 Å². The predicted molar refractivity (Wildman–Crippen MR) is 76.3 cm³/mol. The van der Waals surface area contributed by atoms with Gasteiger partial charge in [0.15, 0.2) is 11.5 Å². The van der Waals surface area contributed by atoms with Gasteiger partial charge in [0, 0.05) is 10.0 Å². The Morgan fingerprint density at radius 2 is 2.00 bits per heavy atom. The van der Waals surface area contributed by atoms with Crippen LogP contribution in [0.15, 0.2) is 16.6 Å². The van der Waals surface area contributed by atoms with Crippen LogP contribution in [0, 0.1) is 17.2 Å². The van der Waals surface area contributed by atoms with Gasteiger partial charge in [-0.15, -0.1) is 0 Å². The van der Waals surface area contributed by atoms with Crippen molar-refractivity contribution in [2.45, 2.75) is 18.9 Å². The Morgan fingerprint density at radius 3 is 2.53 bits per heavy atom. The number of methoxy groups -OCH3 is 2. The highest BCUT2D eigenvalue weighted by Gasteiger charge is 2.24. The van der Waals surface area contributed by atoms with Crippen LogP contribution in [0.4, 0.5) is 0 Å². The molecular weight excluding hydrogens is 308 g/mol. The summed E-state index contributed by atoms with van der Waals surface area (Å²) in [5, 5.41) is 12.6. The van der Waals surface area contributed by atoms with Crippen LogP contribution in [0.25, 0.3) is 0 Å². The van der Waals surface area contributed by atoms with E-state index in [4.69, 9.17) is 9.47 Å². The van der Waals surface area contributed by atoms with E-state index in [0.717, 1.165) is 22.5 Å². The first-order chi connectivity index (χ1) is 9.19. The van der Waals surface area contributed by atoms with E-state index in [9.17, 15) is 5.26 Å². The van der Waals surface area contributed by atoms with Crippen molar-refractivity contribution < 1.29 is 9.47 Å². The Morgan fingerprint density at radius 1 is 1.37 bits per heavy atom. The topological polar surface area (TPSA) is 54.3 Å². The Bertz CT molecular complexity index is 495. The molecular formula is C14H17BrN2O2. The Kier molecular flexibility index (Phi) is 4.67. The molecule has 1 aliphatic rings. The van der Waals surface area contributed by atoms with Crippen LogP contribution in [0.3, 0.4) is 0 Å². The maximum Gasteiger partial charge on any atom is 0.161 e. The van der Waals surface area contributed by atoms with Gasteiger partial charge in [-0.05, 0) is 37.4 Å². The summed E-state index contributed by atoms with van der Waals surface area (Å²) in [4.78, 5) is 0. The van der Waals surface area contributed by atoms with Gasteiger partial charge in [0.2, 0.25) is 0 Å². The molecule has 1 aromatic carbocycles. The molecule has 5 heteroatoms. The molecule has 4 nitrogen and oxygen atoms in total. The summed E-state index contributed by atoms with van der Waals surface area (Å²) in [5.41, 5.74) is 0.876. The summed E-state index contributed by atoms with van der Waals surface area (Å²) in [6, 6.07) is 5.63. The van der Waals surface area contributed by atoms with Gasteiger partial charge in [0.05, 0.1) is 20.3 Å². The van der Waals surface area contributed by atoms with Gasteiger partial charge in [-0.25, -0.2) is 0 Å². The van der Waals surface area contributed by atoms with Crippen LogP contribution in [0.1, 0.15) is 24.4 Å². The van der Waals surface area contributed by atoms with Crippen molar-refractivity contribution in [1.82, 2.24) is 5.32 Å². The number of benzene rings is 1. The first-order valence-electron chi connectivity index (χ1n) is 6.24. The molecule has 1 aromatic rings. The number of hydrogen-bond donors (Lipinski definition) is 1. The molecule has 1 N–H and O–H groups in total. The van der Waals surface area contributed by atoms with E-state index in [1.807, 2.05) is 12.1 Å². The lowest BCUT2D eigenvalue weighted by Crippen LogP contribution is -2.22. The molecule has 102 valence electrons. The van der Waals surface area contributed by atoms with Crippen LogP contribution in [0.2, 0.25) is 0 Å². The van der Waals surface area contributed by atoms with Gasteiger partial charge in [-0.1, -0.05) is 15.9 Å². The second-order valence-electron chi connectivity index (χ2n) is 4.64. The summed E-state index contributed by atoms with van der Waals surface area (Å²) in [6.07, 6.45) is 2.52. The van der Waals surface area contributed by atoms with E-state index < -0.39 is 0 Å². The summed E-state index contributed by atoms with van der Waals surface area (Å²) < 4.78 is 11.4. The summed E-state index contributed by atoms with van der Waals surface area (Å²) >= 11 is 3.49. The fourth-order valence-electron chi connectivity index (χ4n) is 1.92. The number of nitriles is 1. The predicted octanol–water partition coefficient (Wildman–Crippen LogP) is 3.03. The van der Waals surface area contributed by atoms with Gasteiger partial charge in [-0.3, -0.25) is 5.32 Å². The monoisotopic (exact) mass is 324 g/mol. The van der Waals surface area contributed by atoms with Crippen molar-refractivity contribution in [3.05, 3.63) is 22.2 Å². The van der Waals surface area contributed by atoms with E-state index in [-0.39, 0.29) is 6.04 Å². The Hall–Kier alpha value is -1.25. The fourth-order valence-corrected chi connectivity index (χ4v) is 2.47. The summed E-state index contributed by atoms with van der Waals surface area (Å²) in [5.74, 6) is 2.01. The maximum absolute atomic E-state index is 9.32. The van der Waals surface area contributed by atoms with Crippen molar-refractivity contribution >= 4 is 15.9 Å². The second kappa shape index (κ2) is 6.27. The van der Waals surface area contributed by atoms with E-state index >= 15 is 0 Å². The average Bonchev–Trinajstić information content (AvgIpc) is 3.24. The van der Waals surface area contributed by atoms with E-state index in [2.05, 4.69) is 27.3 Å². The molecule has 0 amide bonds.